The Morgan fingerprint density at radius 3 is 1.39 bits per heavy atom. The number of rotatable bonds is 19. The van der Waals surface area contributed by atoms with Crippen LogP contribution in [0.3, 0.4) is 0 Å². The minimum atomic E-state index is 0.728. The van der Waals surface area contributed by atoms with Crippen LogP contribution in [0.1, 0.15) is 103 Å². The highest BCUT2D eigenvalue weighted by atomic mass is 16.5. The van der Waals surface area contributed by atoms with Crippen LogP contribution in [0.2, 0.25) is 0 Å². The normalized spacial score (nSPS) is 11.0. The summed E-state index contributed by atoms with van der Waals surface area (Å²) in [6, 6.07) is 15.7. The van der Waals surface area contributed by atoms with Gasteiger partial charge in [0.15, 0.2) is 0 Å². The Morgan fingerprint density at radius 1 is 0.528 bits per heavy atom. The summed E-state index contributed by atoms with van der Waals surface area (Å²) in [5.41, 5.74) is 3.30. The summed E-state index contributed by atoms with van der Waals surface area (Å²) in [5, 5.41) is 0. The molecule has 0 atom stereocenters. The zero-order valence-corrected chi connectivity index (χ0v) is 22.3. The Bertz CT molecular complexity index is 888. The molecule has 0 saturated carbocycles. The van der Waals surface area contributed by atoms with E-state index in [0.717, 1.165) is 41.6 Å². The van der Waals surface area contributed by atoms with Gasteiger partial charge in [0, 0.05) is 24.5 Å². The lowest BCUT2D eigenvalue weighted by molar-refractivity contribution is 0.304. The quantitative estimate of drug-likeness (QED) is 0.158. The van der Waals surface area contributed by atoms with E-state index in [1.807, 2.05) is 48.5 Å². The van der Waals surface area contributed by atoms with Crippen molar-refractivity contribution in [2.24, 2.45) is 0 Å². The van der Waals surface area contributed by atoms with Crippen molar-refractivity contribution < 1.29 is 4.74 Å². The lowest BCUT2D eigenvalue weighted by atomic mass is 10.0. The van der Waals surface area contributed by atoms with Gasteiger partial charge in [0.2, 0.25) is 0 Å². The maximum absolute atomic E-state index is 6.15. The molecule has 0 spiro atoms. The summed E-state index contributed by atoms with van der Waals surface area (Å²) in [6.45, 7) is 3.02. The van der Waals surface area contributed by atoms with E-state index in [0.29, 0.717) is 0 Å². The molecule has 0 aliphatic carbocycles. The van der Waals surface area contributed by atoms with Crippen molar-refractivity contribution in [2.75, 3.05) is 6.61 Å². The smallest absolute Gasteiger partial charge is 0.123 e. The number of ether oxygens (including phenoxy) is 1. The summed E-state index contributed by atoms with van der Waals surface area (Å²) < 4.78 is 6.15. The van der Waals surface area contributed by atoms with Crippen LogP contribution in [0.4, 0.5) is 0 Å². The monoisotopic (exact) mass is 487 g/mol. The van der Waals surface area contributed by atoms with Gasteiger partial charge in [0.25, 0.3) is 0 Å². The lowest BCUT2D eigenvalue weighted by Crippen LogP contribution is -2.00. The highest BCUT2D eigenvalue weighted by Gasteiger charge is 2.09. The van der Waals surface area contributed by atoms with Gasteiger partial charge >= 0.3 is 0 Å². The van der Waals surface area contributed by atoms with Crippen LogP contribution in [-0.4, -0.2) is 21.6 Å². The molecular formula is C32H45N3O. The largest absolute Gasteiger partial charge is 0.493 e. The zero-order chi connectivity index (χ0) is 25.1. The fraction of sp³-hybridized carbons (Fsp3) is 0.531. The Labute approximate surface area is 219 Å². The molecule has 36 heavy (non-hydrogen) atoms. The first-order valence-corrected chi connectivity index (χ1v) is 14.3. The van der Waals surface area contributed by atoms with Crippen molar-refractivity contribution in [1.82, 2.24) is 15.0 Å². The van der Waals surface area contributed by atoms with Crippen molar-refractivity contribution in [1.29, 1.82) is 0 Å². The van der Waals surface area contributed by atoms with E-state index in [-0.39, 0.29) is 0 Å². The molecule has 3 aromatic heterocycles. The molecule has 0 bridgehead atoms. The number of aromatic nitrogens is 3. The number of hydrogen-bond acceptors (Lipinski definition) is 4. The molecule has 0 aliphatic rings. The third-order valence-electron chi connectivity index (χ3n) is 6.67. The number of pyridine rings is 3. The van der Waals surface area contributed by atoms with Gasteiger partial charge in [-0.05, 0) is 30.7 Å². The second-order valence-corrected chi connectivity index (χ2v) is 9.80. The molecule has 0 unspecified atom stereocenters. The van der Waals surface area contributed by atoms with Crippen molar-refractivity contribution in [3.05, 3.63) is 60.9 Å². The summed E-state index contributed by atoms with van der Waals surface area (Å²) >= 11 is 0. The topological polar surface area (TPSA) is 47.9 Å². The first-order valence-electron chi connectivity index (χ1n) is 14.3. The molecule has 3 aromatic rings. The maximum Gasteiger partial charge on any atom is 0.123 e. The Kier molecular flexibility index (Phi) is 13.6. The van der Waals surface area contributed by atoms with Crippen LogP contribution in [-0.2, 0) is 0 Å². The molecular weight excluding hydrogens is 442 g/mol. The third kappa shape index (κ3) is 10.9. The fourth-order valence-corrected chi connectivity index (χ4v) is 4.54. The second-order valence-electron chi connectivity index (χ2n) is 9.80. The van der Waals surface area contributed by atoms with Crippen LogP contribution in [0.5, 0.6) is 5.75 Å². The first-order chi connectivity index (χ1) is 17.9. The van der Waals surface area contributed by atoms with Crippen LogP contribution >= 0.6 is 0 Å². The zero-order valence-electron chi connectivity index (χ0n) is 22.3. The van der Waals surface area contributed by atoms with Crippen LogP contribution in [0.25, 0.3) is 22.8 Å². The predicted octanol–water partition coefficient (Wildman–Crippen LogP) is 9.46. The Morgan fingerprint density at radius 2 is 0.972 bits per heavy atom. The molecule has 0 fully saturated rings. The van der Waals surface area contributed by atoms with Crippen molar-refractivity contribution >= 4 is 0 Å². The van der Waals surface area contributed by atoms with Gasteiger partial charge in [0.1, 0.15) is 5.75 Å². The van der Waals surface area contributed by atoms with Gasteiger partial charge in [-0.2, -0.15) is 0 Å². The molecule has 4 nitrogen and oxygen atoms in total. The molecule has 194 valence electrons. The van der Waals surface area contributed by atoms with Gasteiger partial charge in [-0.25, -0.2) is 4.98 Å². The summed E-state index contributed by atoms with van der Waals surface area (Å²) in [4.78, 5) is 13.7. The number of nitrogens with zero attached hydrogens (tertiary/aromatic N) is 3. The maximum atomic E-state index is 6.15. The van der Waals surface area contributed by atoms with Crippen molar-refractivity contribution in [3.63, 3.8) is 0 Å². The van der Waals surface area contributed by atoms with E-state index < -0.39 is 0 Å². The molecule has 0 saturated heterocycles. The van der Waals surface area contributed by atoms with Crippen LogP contribution in [0, 0.1) is 0 Å². The highest BCUT2D eigenvalue weighted by molar-refractivity contribution is 5.64. The molecule has 3 rings (SSSR count). The number of unbranched alkanes of at least 4 members (excludes halogenated alkanes) is 14. The van der Waals surface area contributed by atoms with Gasteiger partial charge < -0.3 is 4.74 Å². The number of hydrogen-bond donors (Lipinski definition) is 0. The van der Waals surface area contributed by atoms with Gasteiger partial charge in [-0.15, -0.1) is 0 Å². The minimum absolute atomic E-state index is 0.728. The van der Waals surface area contributed by atoms with E-state index in [9.17, 15) is 0 Å². The standard InChI is InChI=1S/C32H45N3O/c1-2-3-4-5-6-7-8-9-10-11-12-13-14-15-20-25-36-28-26-31(29-21-16-18-23-33-29)35-32(27-28)30-22-17-19-24-34-30/h16-19,21-24,26-27H,2-15,20,25H2,1H3. The molecule has 0 radical (unpaired) electrons. The van der Waals surface area contributed by atoms with Gasteiger partial charge in [-0.3, -0.25) is 9.97 Å². The second kappa shape index (κ2) is 17.6. The van der Waals surface area contributed by atoms with Crippen molar-refractivity contribution in [2.45, 2.75) is 103 Å². The average Bonchev–Trinajstić information content (AvgIpc) is 2.93. The Balaban J connectivity index is 1.31. The van der Waals surface area contributed by atoms with Crippen LogP contribution in [0.15, 0.2) is 60.9 Å². The van der Waals surface area contributed by atoms with Crippen LogP contribution < -0.4 is 4.74 Å². The molecule has 4 heteroatoms. The van der Waals surface area contributed by atoms with E-state index >= 15 is 0 Å². The molecule has 0 aliphatic heterocycles. The Hall–Kier alpha value is -2.75. The predicted molar refractivity (Wildman–Crippen MR) is 151 cm³/mol. The molecule has 3 heterocycles. The average molecular weight is 488 g/mol. The van der Waals surface area contributed by atoms with E-state index in [1.54, 1.807) is 12.4 Å². The molecule has 0 aromatic carbocycles. The van der Waals surface area contributed by atoms with E-state index in [4.69, 9.17) is 9.72 Å². The SMILES string of the molecule is CCCCCCCCCCCCCCCCCOc1cc(-c2ccccn2)nc(-c2ccccn2)c1. The van der Waals surface area contributed by atoms with Gasteiger partial charge in [-0.1, -0.05) is 109 Å². The van der Waals surface area contributed by atoms with Crippen molar-refractivity contribution in [3.8, 4) is 28.5 Å². The first kappa shape index (κ1) is 27.8. The van der Waals surface area contributed by atoms with E-state index in [2.05, 4.69) is 16.9 Å². The highest BCUT2D eigenvalue weighted by Crippen LogP contribution is 2.26. The summed E-state index contributed by atoms with van der Waals surface area (Å²) in [7, 11) is 0. The van der Waals surface area contributed by atoms with E-state index in [1.165, 1.54) is 89.9 Å². The summed E-state index contributed by atoms with van der Waals surface area (Å²) in [6.07, 6.45) is 24.1. The molecule has 0 N–H and O–H groups in total. The third-order valence-corrected chi connectivity index (χ3v) is 6.67. The van der Waals surface area contributed by atoms with Gasteiger partial charge in [0.05, 0.1) is 29.4 Å². The molecule has 0 amide bonds. The minimum Gasteiger partial charge on any atom is -0.493 e. The fourth-order valence-electron chi connectivity index (χ4n) is 4.54. The summed E-state index contributed by atoms with van der Waals surface area (Å²) in [5.74, 6) is 0.830. The lowest BCUT2D eigenvalue weighted by Gasteiger charge is -2.10.